The Morgan fingerprint density at radius 1 is 1.24 bits per heavy atom. The fourth-order valence-corrected chi connectivity index (χ4v) is 2.42. The minimum atomic E-state index is 0.505. The fourth-order valence-electron chi connectivity index (χ4n) is 2.42. The maximum atomic E-state index is 4.04. The molecule has 0 saturated heterocycles. The molecular weight excluding hydrogens is 204 g/mol. The van der Waals surface area contributed by atoms with Crippen LogP contribution in [-0.2, 0) is 0 Å². The summed E-state index contributed by atoms with van der Waals surface area (Å²) in [7, 11) is 0. The summed E-state index contributed by atoms with van der Waals surface area (Å²) in [5.41, 5.74) is 3.88. The first kappa shape index (κ1) is 11.9. The largest absolute Gasteiger partial charge is 0.0918 e. The molecule has 0 aromatic rings. The molecule has 0 amide bonds. The smallest absolute Gasteiger partial charge is 0.00236 e. The van der Waals surface area contributed by atoms with Crippen molar-refractivity contribution in [3.63, 3.8) is 0 Å². The molecule has 2 aliphatic carbocycles. The van der Waals surface area contributed by atoms with Crippen LogP contribution in [0.25, 0.3) is 0 Å². The van der Waals surface area contributed by atoms with Gasteiger partial charge in [-0.2, -0.15) is 0 Å². The van der Waals surface area contributed by atoms with Crippen LogP contribution in [0.5, 0.6) is 0 Å². The van der Waals surface area contributed by atoms with Crippen molar-refractivity contribution < 1.29 is 0 Å². The van der Waals surface area contributed by atoms with Crippen molar-refractivity contribution >= 4 is 0 Å². The fraction of sp³-hybridized carbons (Fsp3) is 0.294. The molecule has 0 saturated carbocycles. The standard InChI is InChI=1S/C17H20/c1-13-8-9-14(2)12-15(3)17-7-5-4-6-16(17)11-10-13/h4-5,7-12,15-16H,1,6H2,2-3H3/b9-8-,11-10?,14-12-. The normalized spacial score (nSPS) is 33.4. The zero-order valence-electron chi connectivity index (χ0n) is 10.7. The van der Waals surface area contributed by atoms with E-state index in [1.54, 1.807) is 0 Å². The third kappa shape index (κ3) is 2.97. The van der Waals surface area contributed by atoms with Crippen LogP contribution in [0.2, 0.25) is 0 Å². The molecule has 2 unspecified atom stereocenters. The topological polar surface area (TPSA) is 0 Å². The average molecular weight is 224 g/mol. The highest BCUT2D eigenvalue weighted by Gasteiger charge is 2.17. The van der Waals surface area contributed by atoms with Crippen molar-refractivity contribution in [1.29, 1.82) is 0 Å². The minimum Gasteiger partial charge on any atom is -0.0918 e. The molecule has 88 valence electrons. The van der Waals surface area contributed by atoms with Gasteiger partial charge < -0.3 is 0 Å². The summed E-state index contributed by atoms with van der Waals surface area (Å²) < 4.78 is 0. The molecule has 0 fully saturated rings. The van der Waals surface area contributed by atoms with E-state index >= 15 is 0 Å². The Balaban J connectivity index is 2.40. The second-order valence-corrected chi connectivity index (χ2v) is 4.90. The van der Waals surface area contributed by atoms with Gasteiger partial charge in [-0.25, -0.2) is 0 Å². The lowest BCUT2D eigenvalue weighted by Gasteiger charge is -2.23. The first-order chi connectivity index (χ1) is 8.16. The Labute approximate surface area is 104 Å². The van der Waals surface area contributed by atoms with Gasteiger partial charge in [-0.15, -0.1) is 0 Å². The molecular formula is C17H20. The van der Waals surface area contributed by atoms with Crippen LogP contribution in [0, 0.1) is 11.8 Å². The highest BCUT2D eigenvalue weighted by molar-refractivity contribution is 5.38. The Hall–Kier alpha value is -1.56. The number of hydrogen-bond donors (Lipinski definition) is 0. The van der Waals surface area contributed by atoms with Crippen LogP contribution in [0.15, 0.2) is 71.9 Å². The molecule has 2 aliphatic rings. The van der Waals surface area contributed by atoms with E-state index < -0.39 is 0 Å². The van der Waals surface area contributed by atoms with Gasteiger partial charge in [-0.05, 0) is 24.8 Å². The van der Waals surface area contributed by atoms with Crippen molar-refractivity contribution in [2.75, 3.05) is 0 Å². The zero-order chi connectivity index (χ0) is 12.3. The van der Waals surface area contributed by atoms with Gasteiger partial charge in [0.2, 0.25) is 0 Å². The van der Waals surface area contributed by atoms with Gasteiger partial charge >= 0.3 is 0 Å². The summed E-state index contributed by atoms with van der Waals surface area (Å²) >= 11 is 0. The summed E-state index contributed by atoms with van der Waals surface area (Å²) in [6.45, 7) is 8.47. The van der Waals surface area contributed by atoms with Gasteiger partial charge in [0.05, 0.1) is 0 Å². The van der Waals surface area contributed by atoms with Crippen molar-refractivity contribution in [3.8, 4) is 0 Å². The van der Waals surface area contributed by atoms with E-state index in [-0.39, 0.29) is 0 Å². The number of rotatable bonds is 0. The van der Waals surface area contributed by atoms with E-state index in [1.807, 2.05) is 0 Å². The molecule has 2 rings (SSSR count). The SMILES string of the molecule is C=C1C=CC2CC=CC=C2C(C)/C=C(C)\C=C/1. The van der Waals surface area contributed by atoms with Gasteiger partial charge in [0.15, 0.2) is 0 Å². The van der Waals surface area contributed by atoms with Crippen molar-refractivity contribution in [3.05, 3.63) is 71.9 Å². The van der Waals surface area contributed by atoms with Gasteiger partial charge in [0.1, 0.15) is 0 Å². The Kier molecular flexibility index (Phi) is 3.63. The molecule has 0 aromatic heterocycles. The summed E-state index contributed by atoms with van der Waals surface area (Å²) in [5.74, 6) is 1.04. The predicted octanol–water partition coefficient (Wildman–Crippen LogP) is 4.75. The van der Waals surface area contributed by atoms with E-state index in [4.69, 9.17) is 0 Å². The lowest BCUT2D eigenvalue weighted by atomic mass is 9.82. The van der Waals surface area contributed by atoms with Gasteiger partial charge in [-0.1, -0.05) is 73.3 Å². The molecule has 0 nitrogen and oxygen atoms in total. The zero-order valence-corrected chi connectivity index (χ0v) is 10.7. The maximum absolute atomic E-state index is 4.04. The lowest BCUT2D eigenvalue weighted by molar-refractivity contribution is 0.663. The number of fused-ring (bicyclic) bond motifs is 1. The van der Waals surface area contributed by atoms with Crippen LogP contribution in [0.3, 0.4) is 0 Å². The molecule has 0 radical (unpaired) electrons. The van der Waals surface area contributed by atoms with Crippen LogP contribution >= 0.6 is 0 Å². The summed E-state index contributed by atoms with van der Waals surface area (Å²) in [6.07, 6.45) is 18.8. The Morgan fingerprint density at radius 3 is 2.88 bits per heavy atom. The molecule has 0 aromatic carbocycles. The minimum absolute atomic E-state index is 0.505. The molecule has 0 bridgehead atoms. The Morgan fingerprint density at radius 2 is 2.06 bits per heavy atom. The van der Waals surface area contributed by atoms with Gasteiger partial charge in [0, 0.05) is 5.92 Å². The van der Waals surface area contributed by atoms with Crippen LogP contribution < -0.4 is 0 Å². The third-order valence-electron chi connectivity index (χ3n) is 3.38. The molecule has 2 atom stereocenters. The maximum Gasteiger partial charge on any atom is 0.00236 e. The van der Waals surface area contributed by atoms with Gasteiger partial charge in [0.25, 0.3) is 0 Å². The van der Waals surface area contributed by atoms with E-state index in [1.165, 1.54) is 11.1 Å². The highest BCUT2D eigenvalue weighted by atomic mass is 14.2. The van der Waals surface area contributed by atoms with Crippen molar-refractivity contribution in [2.24, 2.45) is 11.8 Å². The predicted molar refractivity (Wildman–Crippen MR) is 75.7 cm³/mol. The quantitative estimate of drug-likeness (QED) is 0.557. The first-order valence-electron chi connectivity index (χ1n) is 6.27. The van der Waals surface area contributed by atoms with E-state index in [9.17, 15) is 0 Å². The number of hydrogen-bond acceptors (Lipinski definition) is 0. The number of allylic oxidation sites excluding steroid dienone is 11. The second-order valence-electron chi connectivity index (χ2n) is 4.90. The van der Waals surface area contributed by atoms with E-state index in [2.05, 4.69) is 69.0 Å². The van der Waals surface area contributed by atoms with Crippen LogP contribution in [0.4, 0.5) is 0 Å². The molecule has 0 heteroatoms. The van der Waals surface area contributed by atoms with Crippen molar-refractivity contribution in [2.45, 2.75) is 20.3 Å². The Bertz CT molecular complexity index is 452. The molecule has 0 N–H and O–H groups in total. The molecule has 0 heterocycles. The summed E-state index contributed by atoms with van der Waals surface area (Å²) in [5, 5.41) is 0. The first-order valence-corrected chi connectivity index (χ1v) is 6.27. The van der Waals surface area contributed by atoms with E-state index in [0.29, 0.717) is 11.8 Å². The molecule has 0 aliphatic heterocycles. The molecule has 17 heavy (non-hydrogen) atoms. The highest BCUT2D eigenvalue weighted by Crippen LogP contribution is 2.30. The summed E-state index contributed by atoms with van der Waals surface area (Å²) in [6, 6.07) is 0. The summed E-state index contributed by atoms with van der Waals surface area (Å²) in [4.78, 5) is 0. The van der Waals surface area contributed by atoms with E-state index in [0.717, 1.165) is 12.0 Å². The monoisotopic (exact) mass is 224 g/mol. The van der Waals surface area contributed by atoms with Gasteiger partial charge in [-0.3, -0.25) is 0 Å². The van der Waals surface area contributed by atoms with Crippen LogP contribution in [0.1, 0.15) is 20.3 Å². The van der Waals surface area contributed by atoms with Crippen LogP contribution in [-0.4, -0.2) is 0 Å². The third-order valence-corrected chi connectivity index (χ3v) is 3.38. The lowest BCUT2D eigenvalue weighted by Crippen LogP contribution is -2.10. The molecule has 0 spiro atoms. The second kappa shape index (κ2) is 5.18. The average Bonchev–Trinajstić information content (AvgIpc) is 2.33. The van der Waals surface area contributed by atoms with Crippen molar-refractivity contribution in [1.82, 2.24) is 0 Å².